The Balaban J connectivity index is 2.70. The van der Waals surface area contributed by atoms with Crippen LogP contribution in [-0.2, 0) is 5.41 Å². The average molecular weight is 226 g/mol. The lowest BCUT2D eigenvalue weighted by molar-refractivity contribution is 0.571. The molecule has 0 aliphatic heterocycles. The molecule has 0 atom stereocenters. The van der Waals surface area contributed by atoms with Crippen molar-refractivity contribution >= 4 is 33.2 Å². The molecule has 74 valence electrons. The Morgan fingerprint density at radius 1 is 1.36 bits per heavy atom. The van der Waals surface area contributed by atoms with Gasteiger partial charge in [0.1, 0.15) is 0 Å². The van der Waals surface area contributed by atoms with E-state index in [-0.39, 0.29) is 5.41 Å². The van der Waals surface area contributed by atoms with Gasteiger partial charge in [-0.1, -0.05) is 32.4 Å². The second kappa shape index (κ2) is 3.21. The second-order valence-corrected chi connectivity index (χ2v) is 5.70. The van der Waals surface area contributed by atoms with Crippen LogP contribution >= 0.6 is 22.9 Å². The lowest BCUT2D eigenvalue weighted by Gasteiger charge is -2.17. The first-order valence-corrected chi connectivity index (χ1v) is 5.78. The van der Waals surface area contributed by atoms with E-state index in [2.05, 4.69) is 25.8 Å². The molecule has 2 aromatic heterocycles. The third kappa shape index (κ3) is 1.64. The van der Waals surface area contributed by atoms with Crippen LogP contribution in [0.4, 0.5) is 0 Å². The minimum absolute atomic E-state index is 0.0553. The van der Waals surface area contributed by atoms with Crippen molar-refractivity contribution in [1.29, 1.82) is 0 Å². The van der Waals surface area contributed by atoms with E-state index < -0.39 is 0 Å². The van der Waals surface area contributed by atoms with Crippen LogP contribution in [0.5, 0.6) is 0 Å². The van der Waals surface area contributed by atoms with Gasteiger partial charge in [-0.2, -0.15) is 0 Å². The van der Waals surface area contributed by atoms with Gasteiger partial charge in [0.05, 0.1) is 15.2 Å². The zero-order valence-corrected chi connectivity index (χ0v) is 10.0. The second-order valence-electron chi connectivity index (χ2n) is 4.37. The normalized spacial score (nSPS) is 12.3. The highest BCUT2D eigenvalue weighted by Crippen LogP contribution is 2.31. The Morgan fingerprint density at radius 3 is 2.71 bits per heavy atom. The van der Waals surface area contributed by atoms with Gasteiger partial charge in [-0.05, 0) is 17.5 Å². The molecule has 0 unspecified atom stereocenters. The number of halogens is 1. The molecule has 0 aromatic carbocycles. The third-order valence-corrected chi connectivity index (χ3v) is 3.48. The van der Waals surface area contributed by atoms with Crippen LogP contribution in [0, 0.1) is 0 Å². The van der Waals surface area contributed by atoms with Crippen LogP contribution in [0.2, 0.25) is 5.02 Å². The Labute approximate surface area is 92.7 Å². The van der Waals surface area contributed by atoms with Gasteiger partial charge < -0.3 is 0 Å². The quantitative estimate of drug-likeness (QED) is 0.653. The maximum Gasteiger partial charge on any atom is 0.0828 e. The molecule has 0 saturated heterocycles. The molecule has 1 nitrogen and oxygen atoms in total. The molecule has 2 heterocycles. The molecule has 0 saturated carbocycles. The average Bonchev–Trinajstić information content (AvgIpc) is 2.50. The van der Waals surface area contributed by atoms with Crippen molar-refractivity contribution < 1.29 is 0 Å². The zero-order valence-electron chi connectivity index (χ0n) is 8.47. The summed E-state index contributed by atoms with van der Waals surface area (Å²) in [4.78, 5) is 4.59. The van der Waals surface area contributed by atoms with E-state index >= 15 is 0 Å². The van der Waals surface area contributed by atoms with Crippen molar-refractivity contribution in [2.75, 3.05) is 0 Å². The Kier molecular flexibility index (Phi) is 2.28. The van der Waals surface area contributed by atoms with Crippen molar-refractivity contribution in [1.82, 2.24) is 4.98 Å². The highest BCUT2D eigenvalue weighted by Gasteiger charge is 2.17. The van der Waals surface area contributed by atoms with Crippen molar-refractivity contribution in [3.8, 4) is 0 Å². The highest BCUT2D eigenvalue weighted by molar-refractivity contribution is 7.17. The molecule has 0 amide bonds. The van der Waals surface area contributed by atoms with E-state index in [4.69, 9.17) is 11.6 Å². The fourth-order valence-corrected chi connectivity index (χ4v) is 2.37. The molecule has 2 aromatic rings. The largest absolute Gasteiger partial charge is 0.251 e. The van der Waals surface area contributed by atoms with Gasteiger partial charge >= 0.3 is 0 Å². The monoisotopic (exact) mass is 225 g/mol. The molecule has 0 N–H and O–H groups in total. The molecule has 0 aliphatic rings. The summed E-state index contributed by atoms with van der Waals surface area (Å²) >= 11 is 7.82. The molecule has 3 heteroatoms. The summed E-state index contributed by atoms with van der Waals surface area (Å²) in [6, 6.07) is 3.99. The van der Waals surface area contributed by atoms with Gasteiger partial charge in [0.2, 0.25) is 0 Å². The molecule has 0 bridgehead atoms. The summed E-state index contributed by atoms with van der Waals surface area (Å²) in [5, 5.41) is 2.84. The number of fused-ring (bicyclic) bond motifs is 1. The summed E-state index contributed by atoms with van der Waals surface area (Å²) in [6.45, 7) is 6.43. The number of hydrogen-bond donors (Lipinski definition) is 0. The van der Waals surface area contributed by atoms with Crippen molar-refractivity contribution in [2.24, 2.45) is 0 Å². The summed E-state index contributed by atoms with van der Waals surface area (Å²) in [5.41, 5.74) is 2.11. The number of nitrogens with zero attached hydrogens (tertiary/aromatic N) is 1. The number of rotatable bonds is 0. The summed E-state index contributed by atoms with van der Waals surface area (Å²) < 4.78 is 1.08. The Morgan fingerprint density at radius 2 is 2.07 bits per heavy atom. The Bertz CT molecular complexity index is 468. The van der Waals surface area contributed by atoms with Gasteiger partial charge in [0.15, 0.2) is 0 Å². The van der Waals surface area contributed by atoms with E-state index in [1.807, 2.05) is 17.5 Å². The zero-order chi connectivity index (χ0) is 10.3. The number of pyridine rings is 1. The van der Waals surface area contributed by atoms with Crippen LogP contribution in [0.25, 0.3) is 10.2 Å². The standard InChI is InChI=1S/C11H12ClNS/c1-11(2,3)9-6-7(12)10-8(13-9)4-5-14-10/h4-6H,1-3H3. The van der Waals surface area contributed by atoms with Gasteiger partial charge in [-0.15, -0.1) is 11.3 Å². The first-order chi connectivity index (χ1) is 6.48. The van der Waals surface area contributed by atoms with E-state index in [0.29, 0.717) is 0 Å². The van der Waals surface area contributed by atoms with Crippen LogP contribution in [0.1, 0.15) is 26.5 Å². The van der Waals surface area contributed by atoms with Crippen LogP contribution < -0.4 is 0 Å². The molecular weight excluding hydrogens is 214 g/mol. The molecule has 0 aliphatic carbocycles. The van der Waals surface area contributed by atoms with Crippen LogP contribution in [0.15, 0.2) is 17.5 Å². The predicted octanol–water partition coefficient (Wildman–Crippen LogP) is 4.25. The Hall–Kier alpha value is -0.600. The van der Waals surface area contributed by atoms with Gasteiger partial charge in [-0.25, -0.2) is 0 Å². The molecule has 14 heavy (non-hydrogen) atoms. The van der Waals surface area contributed by atoms with Crippen LogP contribution in [-0.4, -0.2) is 4.98 Å². The van der Waals surface area contributed by atoms with Crippen molar-refractivity contribution in [3.63, 3.8) is 0 Å². The topological polar surface area (TPSA) is 12.9 Å². The maximum absolute atomic E-state index is 6.18. The van der Waals surface area contributed by atoms with Gasteiger partial charge in [-0.3, -0.25) is 4.98 Å². The predicted molar refractivity (Wildman–Crippen MR) is 63.3 cm³/mol. The van der Waals surface area contributed by atoms with E-state index in [1.54, 1.807) is 11.3 Å². The minimum Gasteiger partial charge on any atom is -0.251 e. The number of hydrogen-bond acceptors (Lipinski definition) is 2. The summed E-state index contributed by atoms with van der Waals surface area (Å²) in [7, 11) is 0. The van der Waals surface area contributed by atoms with Crippen molar-refractivity contribution in [2.45, 2.75) is 26.2 Å². The van der Waals surface area contributed by atoms with Gasteiger partial charge in [0, 0.05) is 11.1 Å². The highest BCUT2D eigenvalue weighted by atomic mass is 35.5. The van der Waals surface area contributed by atoms with Crippen molar-refractivity contribution in [3.05, 3.63) is 28.2 Å². The number of aromatic nitrogens is 1. The summed E-state index contributed by atoms with van der Waals surface area (Å²) in [6.07, 6.45) is 0. The molecule has 0 radical (unpaired) electrons. The summed E-state index contributed by atoms with van der Waals surface area (Å²) in [5.74, 6) is 0. The van der Waals surface area contributed by atoms with Crippen LogP contribution in [0.3, 0.4) is 0 Å². The van der Waals surface area contributed by atoms with E-state index in [0.717, 1.165) is 20.9 Å². The first-order valence-electron chi connectivity index (χ1n) is 4.53. The fraction of sp³-hybridized carbons (Fsp3) is 0.364. The smallest absolute Gasteiger partial charge is 0.0828 e. The molecular formula is C11H12ClNS. The first kappa shape index (κ1) is 9.94. The molecule has 0 spiro atoms. The number of thiophene rings is 1. The van der Waals surface area contributed by atoms with E-state index in [1.165, 1.54) is 0 Å². The SMILES string of the molecule is CC(C)(C)c1cc(Cl)c2sccc2n1. The molecule has 2 rings (SSSR count). The van der Waals surface area contributed by atoms with E-state index in [9.17, 15) is 0 Å². The van der Waals surface area contributed by atoms with Gasteiger partial charge in [0.25, 0.3) is 0 Å². The third-order valence-electron chi connectivity index (χ3n) is 2.13. The lowest BCUT2D eigenvalue weighted by Crippen LogP contribution is -2.13. The maximum atomic E-state index is 6.18. The lowest BCUT2D eigenvalue weighted by atomic mass is 9.91. The fourth-order valence-electron chi connectivity index (χ4n) is 1.30. The minimum atomic E-state index is 0.0553. The molecule has 0 fully saturated rings.